The van der Waals surface area contributed by atoms with E-state index in [0.29, 0.717) is 11.7 Å². The van der Waals surface area contributed by atoms with Crippen LogP contribution in [0.3, 0.4) is 0 Å². The van der Waals surface area contributed by atoms with E-state index in [9.17, 15) is 5.11 Å². The van der Waals surface area contributed by atoms with Gasteiger partial charge in [0, 0.05) is 0 Å². The van der Waals surface area contributed by atoms with E-state index >= 15 is 0 Å². The van der Waals surface area contributed by atoms with Crippen molar-refractivity contribution in [1.29, 1.82) is 0 Å². The van der Waals surface area contributed by atoms with Crippen LogP contribution >= 0.6 is 0 Å². The Hall–Kier alpha value is -0.980. The molecule has 0 radical (unpaired) electrons. The highest BCUT2D eigenvalue weighted by atomic mass is 16.3. The molecule has 1 nitrogen and oxygen atoms in total. The molecule has 1 aromatic carbocycles. The van der Waals surface area contributed by atoms with E-state index < -0.39 is 0 Å². The predicted molar refractivity (Wildman–Crippen MR) is 49.6 cm³/mol. The first-order chi connectivity index (χ1) is 5.68. The van der Waals surface area contributed by atoms with E-state index in [0.717, 1.165) is 11.1 Å². The normalized spacial score (nSPS) is 16.5. The summed E-state index contributed by atoms with van der Waals surface area (Å²) in [5.74, 6) is 1.16. The van der Waals surface area contributed by atoms with Gasteiger partial charge in [0.05, 0.1) is 0 Å². The fourth-order valence-corrected chi connectivity index (χ4v) is 1.70. The third kappa shape index (κ3) is 1.20. The van der Waals surface area contributed by atoms with Gasteiger partial charge in [-0.1, -0.05) is 17.7 Å². The molecule has 12 heavy (non-hydrogen) atoms. The number of phenolic OH excluding ortho intramolecular Hbond substituents is 1. The van der Waals surface area contributed by atoms with Crippen LogP contribution in [0.2, 0.25) is 0 Å². The zero-order chi connectivity index (χ0) is 8.72. The van der Waals surface area contributed by atoms with Gasteiger partial charge in [0.25, 0.3) is 0 Å². The lowest BCUT2D eigenvalue weighted by Crippen LogP contribution is -1.86. The topological polar surface area (TPSA) is 20.2 Å². The van der Waals surface area contributed by atoms with Crippen molar-refractivity contribution in [2.24, 2.45) is 0 Å². The van der Waals surface area contributed by atoms with Crippen LogP contribution in [0.4, 0.5) is 0 Å². The van der Waals surface area contributed by atoms with Gasteiger partial charge in [0.2, 0.25) is 0 Å². The molecule has 1 fully saturated rings. The minimum absolute atomic E-state index is 0.517. The first-order valence-corrected chi connectivity index (χ1v) is 4.48. The molecule has 2 rings (SSSR count). The number of phenols is 1. The molecule has 1 aromatic rings. The molecular formula is C11H14O. The summed E-state index contributed by atoms with van der Waals surface area (Å²) in [5, 5.41) is 9.73. The Labute approximate surface area is 73.0 Å². The van der Waals surface area contributed by atoms with Crippen LogP contribution in [0.1, 0.15) is 35.4 Å². The van der Waals surface area contributed by atoms with Crippen LogP contribution in [-0.4, -0.2) is 5.11 Å². The molecule has 0 amide bonds. The summed E-state index contributed by atoms with van der Waals surface area (Å²) in [6.45, 7) is 4.05. The summed E-state index contributed by atoms with van der Waals surface area (Å²) in [6.07, 6.45) is 2.49. The van der Waals surface area contributed by atoms with Crippen molar-refractivity contribution in [1.82, 2.24) is 0 Å². The van der Waals surface area contributed by atoms with Gasteiger partial charge >= 0.3 is 0 Å². The molecular weight excluding hydrogens is 148 g/mol. The van der Waals surface area contributed by atoms with Crippen LogP contribution in [0, 0.1) is 13.8 Å². The van der Waals surface area contributed by atoms with E-state index in [-0.39, 0.29) is 0 Å². The number of benzene rings is 1. The maximum Gasteiger partial charge on any atom is 0.121 e. The lowest BCUT2D eigenvalue weighted by atomic mass is 10.0. The number of rotatable bonds is 1. The molecule has 1 saturated carbocycles. The molecule has 0 bridgehead atoms. The average Bonchev–Trinajstić information content (AvgIpc) is 2.79. The third-order valence-electron chi connectivity index (χ3n) is 2.49. The van der Waals surface area contributed by atoms with Crippen molar-refractivity contribution < 1.29 is 5.11 Å². The Morgan fingerprint density at radius 2 is 1.92 bits per heavy atom. The first-order valence-electron chi connectivity index (χ1n) is 4.48. The molecule has 0 saturated heterocycles. The number of hydrogen-bond acceptors (Lipinski definition) is 1. The second kappa shape index (κ2) is 2.51. The van der Waals surface area contributed by atoms with Gasteiger partial charge in [0.15, 0.2) is 0 Å². The molecule has 0 heterocycles. The van der Waals surface area contributed by atoms with Crippen LogP contribution < -0.4 is 0 Å². The zero-order valence-electron chi connectivity index (χ0n) is 7.59. The monoisotopic (exact) mass is 162 g/mol. The molecule has 1 aliphatic rings. The number of aromatic hydroxyl groups is 1. The average molecular weight is 162 g/mol. The van der Waals surface area contributed by atoms with Gasteiger partial charge in [-0.3, -0.25) is 0 Å². The molecule has 0 spiro atoms. The molecule has 1 N–H and O–H groups in total. The second-order valence-corrected chi connectivity index (χ2v) is 3.79. The molecule has 0 aromatic heterocycles. The van der Waals surface area contributed by atoms with Gasteiger partial charge in [-0.25, -0.2) is 0 Å². The van der Waals surface area contributed by atoms with Crippen molar-refractivity contribution in [3.05, 3.63) is 28.8 Å². The standard InChI is InChI=1S/C11H14O/c1-7-5-8(2)11(12)10(6-7)9-3-4-9/h5-6,9,12H,3-4H2,1-2H3. The Kier molecular flexibility index (Phi) is 1.60. The van der Waals surface area contributed by atoms with Gasteiger partial charge in [-0.2, -0.15) is 0 Å². The predicted octanol–water partition coefficient (Wildman–Crippen LogP) is 2.89. The van der Waals surface area contributed by atoms with Crippen molar-refractivity contribution >= 4 is 0 Å². The molecule has 64 valence electrons. The van der Waals surface area contributed by atoms with Gasteiger partial charge < -0.3 is 5.11 Å². The zero-order valence-corrected chi connectivity index (χ0v) is 7.59. The van der Waals surface area contributed by atoms with Crippen molar-refractivity contribution in [3.63, 3.8) is 0 Å². The summed E-state index contributed by atoms with van der Waals surface area (Å²) < 4.78 is 0. The Balaban J connectivity index is 2.51. The van der Waals surface area contributed by atoms with Crippen LogP contribution in [0.5, 0.6) is 5.75 Å². The summed E-state index contributed by atoms with van der Waals surface area (Å²) in [7, 11) is 0. The van der Waals surface area contributed by atoms with E-state index in [1.807, 2.05) is 13.0 Å². The molecule has 0 unspecified atom stereocenters. The van der Waals surface area contributed by atoms with Gasteiger partial charge in [0.1, 0.15) is 5.75 Å². The fourth-order valence-electron chi connectivity index (χ4n) is 1.70. The minimum Gasteiger partial charge on any atom is -0.507 e. The van der Waals surface area contributed by atoms with Crippen LogP contribution in [0.15, 0.2) is 12.1 Å². The summed E-state index contributed by atoms with van der Waals surface area (Å²) in [4.78, 5) is 0. The lowest BCUT2D eigenvalue weighted by Gasteiger charge is -2.07. The SMILES string of the molecule is Cc1cc(C)c(O)c(C2CC2)c1. The minimum atomic E-state index is 0.517. The van der Waals surface area contributed by atoms with Gasteiger partial charge in [-0.15, -0.1) is 0 Å². The maximum atomic E-state index is 9.73. The fraction of sp³-hybridized carbons (Fsp3) is 0.455. The third-order valence-corrected chi connectivity index (χ3v) is 2.49. The first kappa shape index (κ1) is 7.66. The summed E-state index contributed by atoms with van der Waals surface area (Å²) >= 11 is 0. The van der Waals surface area contributed by atoms with E-state index in [4.69, 9.17) is 0 Å². The summed E-state index contributed by atoms with van der Waals surface area (Å²) in [5.41, 5.74) is 3.43. The molecule has 1 heteroatoms. The highest BCUT2D eigenvalue weighted by Gasteiger charge is 2.26. The number of aryl methyl sites for hydroxylation is 2. The maximum absolute atomic E-state index is 9.73. The Bertz CT molecular complexity index is 311. The Morgan fingerprint density at radius 3 is 2.50 bits per heavy atom. The summed E-state index contributed by atoms with van der Waals surface area (Å²) in [6, 6.07) is 4.14. The van der Waals surface area contributed by atoms with E-state index in [1.165, 1.54) is 18.4 Å². The van der Waals surface area contributed by atoms with Crippen LogP contribution in [0.25, 0.3) is 0 Å². The highest BCUT2D eigenvalue weighted by Crippen LogP contribution is 2.45. The van der Waals surface area contributed by atoms with Crippen molar-refractivity contribution in [2.45, 2.75) is 32.6 Å². The van der Waals surface area contributed by atoms with Crippen LogP contribution in [-0.2, 0) is 0 Å². The van der Waals surface area contributed by atoms with E-state index in [1.54, 1.807) is 0 Å². The van der Waals surface area contributed by atoms with E-state index in [2.05, 4.69) is 13.0 Å². The quantitative estimate of drug-likeness (QED) is 0.673. The van der Waals surface area contributed by atoms with Crippen molar-refractivity contribution in [3.8, 4) is 5.75 Å². The Morgan fingerprint density at radius 1 is 1.25 bits per heavy atom. The lowest BCUT2D eigenvalue weighted by molar-refractivity contribution is 0.464. The second-order valence-electron chi connectivity index (χ2n) is 3.79. The molecule has 0 aliphatic heterocycles. The number of hydrogen-bond donors (Lipinski definition) is 1. The van der Waals surface area contributed by atoms with Crippen molar-refractivity contribution in [2.75, 3.05) is 0 Å². The highest BCUT2D eigenvalue weighted by molar-refractivity contribution is 5.46. The molecule has 0 atom stereocenters. The van der Waals surface area contributed by atoms with Gasteiger partial charge in [-0.05, 0) is 43.7 Å². The molecule has 1 aliphatic carbocycles. The largest absolute Gasteiger partial charge is 0.507 e. The smallest absolute Gasteiger partial charge is 0.121 e.